The molecule has 10 heteroatoms. The number of rotatable bonds is 3. The zero-order chi connectivity index (χ0) is 19.1. The lowest BCUT2D eigenvalue weighted by Gasteiger charge is -2.27. The summed E-state index contributed by atoms with van der Waals surface area (Å²) in [6.45, 7) is -1.24. The Balaban J connectivity index is 1.81. The number of carbonyl (C=O) groups excluding carboxylic acids is 1. The maximum atomic E-state index is 13.2. The number of aliphatic carboxylic acids is 1. The molecule has 1 fully saturated rings. The summed E-state index contributed by atoms with van der Waals surface area (Å²) < 4.78 is 39.6. The number of nitrogens with zero attached hydrogens (tertiary/aromatic N) is 2. The highest BCUT2D eigenvalue weighted by molar-refractivity contribution is 6.30. The number of alkyl halides is 3. The van der Waals surface area contributed by atoms with Gasteiger partial charge in [0.2, 0.25) is 0 Å². The van der Waals surface area contributed by atoms with Gasteiger partial charge in [-0.25, -0.2) is 0 Å². The Morgan fingerprint density at radius 2 is 1.92 bits per heavy atom. The van der Waals surface area contributed by atoms with Crippen LogP contribution in [-0.2, 0) is 4.79 Å². The van der Waals surface area contributed by atoms with E-state index in [1.807, 2.05) is 0 Å². The first-order valence-electron chi connectivity index (χ1n) is 7.55. The first-order valence-corrected chi connectivity index (χ1v) is 7.92. The van der Waals surface area contributed by atoms with Gasteiger partial charge in [0, 0.05) is 23.7 Å². The van der Waals surface area contributed by atoms with E-state index in [1.54, 1.807) is 24.3 Å². The topological polar surface area (TPSA) is 86.3 Å². The fourth-order valence-electron chi connectivity index (χ4n) is 2.88. The molecule has 0 aliphatic carbocycles. The van der Waals surface area contributed by atoms with Crippen molar-refractivity contribution in [2.24, 2.45) is 5.41 Å². The molecule has 1 aromatic heterocycles. The molecule has 138 valence electrons. The third-order valence-corrected chi connectivity index (χ3v) is 4.71. The molecule has 0 saturated carbocycles. The second kappa shape index (κ2) is 6.31. The van der Waals surface area contributed by atoms with E-state index in [1.165, 1.54) is 6.07 Å². The molecule has 1 amide bonds. The molecule has 1 saturated heterocycles. The summed E-state index contributed by atoms with van der Waals surface area (Å²) >= 11 is 5.80. The highest BCUT2D eigenvalue weighted by Crippen LogP contribution is 2.46. The lowest BCUT2D eigenvalue weighted by molar-refractivity contribution is -0.227. The number of nitrogens with one attached hydrogen (secondary N) is 1. The molecule has 0 bridgehead atoms. The standard InChI is InChI=1S/C16H13ClF3N3O3/c17-10-3-1-9(2-4-10)11-7-12(22-21-11)13(24)23-6-5-15(8-23,14(25)26)16(18,19)20/h1-4,7H,5-6,8H2,(H,21,22)(H,25,26). The van der Waals surface area contributed by atoms with Crippen molar-refractivity contribution >= 4 is 23.5 Å². The second-order valence-electron chi connectivity index (χ2n) is 6.04. The van der Waals surface area contributed by atoms with Gasteiger partial charge < -0.3 is 10.0 Å². The quantitative estimate of drug-likeness (QED) is 0.846. The number of carboxylic acid groups (broad SMARTS) is 1. The van der Waals surface area contributed by atoms with Gasteiger partial charge in [0.25, 0.3) is 5.91 Å². The van der Waals surface area contributed by atoms with Crippen molar-refractivity contribution in [1.29, 1.82) is 0 Å². The van der Waals surface area contributed by atoms with Crippen LogP contribution in [0, 0.1) is 5.41 Å². The number of amides is 1. The summed E-state index contributed by atoms with van der Waals surface area (Å²) in [6, 6.07) is 8.04. The second-order valence-corrected chi connectivity index (χ2v) is 6.47. The van der Waals surface area contributed by atoms with E-state index < -0.39 is 36.4 Å². The van der Waals surface area contributed by atoms with Crippen LogP contribution in [0.3, 0.4) is 0 Å². The largest absolute Gasteiger partial charge is 0.481 e. The van der Waals surface area contributed by atoms with Gasteiger partial charge in [-0.3, -0.25) is 14.7 Å². The number of aromatic amines is 1. The van der Waals surface area contributed by atoms with Gasteiger partial charge in [0.1, 0.15) is 5.69 Å². The molecule has 3 rings (SSSR count). The molecule has 0 spiro atoms. The number of aromatic nitrogens is 2. The maximum Gasteiger partial charge on any atom is 0.406 e. The zero-order valence-electron chi connectivity index (χ0n) is 13.2. The monoisotopic (exact) mass is 387 g/mol. The van der Waals surface area contributed by atoms with E-state index in [-0.39, 0.29) is 12.2 Å². The Bertz CT molecular complexity index is 850. The van der Waals surface area contributed by atoms with E-state index in [2.05, 4.69) is 10.2 Å². The summed E-state index contributed by atoms with van der Waals surface area (Å²) in [4.78, 5) is 24.5. The third-order valence-electron chi connectivity index (χ3n) is 4.46. The minimum Gasteiger partial charge on any atom is -0.481 e. The number of benzene rings is 1. The maximum absolute atomic E-state index is 13.2. The van der Waals surface area contributed by atoms with E-state index in [0.29, 0.717) is 16.3 Å². The molecule has 1 atom stereocenters. The SMILES string of the molecule is O=C(c1cc(-c2ccc(Cl)cc2)n[nH]1)N1CCC(C(=O)O)(C(F)(F)F)C1. The molecular formula is C16H13ClF3N3O3. The number of hydrogen-bond acceptors (Lipinski definition) is 3. The minimum absolute atomic E-state index is 0.0155. The van der Waals surface area contributed by atoms with Crippen LogP contribution >= 0.6 is 11.6 Å². The Morgan fingerprint density at radius 3 is 2.46 bits per heavy atom. The average Bonchev–Trinajstić information content (AvgIpc) is 3.22. The van der Waals surface area contributed by atoms with Crippen LogP contribution in [0.2, 0.25) is 5.02 Å². The van der Waals surface area contributed by atoms with Crippen LogP contribution in [0.15, 0.2) is 30.3 Å². The summed E-state index contributed by atoms with van der Waals surface area (Å²) in [6.07, 6.45) is -5.63. The molecule has 1 aromatic carbocycles. The van der Waals surface area contributed by atoms with Crippen LogP contribution in [0.5, 0.6) is 0 Å². The highest BCUT2D eigenvalue weighted by atomic mass is 35.5. The number of carbonyl (C=O) groups is 2. The summed E-state index contributed by atoms with van der Waals surface area (Å²) in [7, 11) is 0. The van der Waals surface area contributed by atoms with Crippen molar-refractivity contribution < 1.29 is 27.9 Å². The van der Waals surface area contributed by atoms with Crippen LogP contribution in [0.1, 0.15) is 16.9 Å². The van der Waals surface area contributed by atoms with Crippen molar-refractivity contribution in [3.8, 4) is 11.3 Å². The van der Waals surface area contributed by atoms with Crippen LogP contribution in [0.25, 0.3) is 11.3 Å². The van der Waals surface area contributed by atoms with Crippen molar-refractivity contribution in [1.82, 2.24) is 15.1 Å². The van der Waals surface area contributed by atoms with Crippen molar-refractivity contribution in [2.45, 2.75) is 12.6 Å². The van der Waals surface area contributed by atoms with Gasteiger partial charge >= 0.3 is 12.1 Å². The number of hydrogen-bond donors (Lipinski definition) is 2. The normalized spacial score (nSPS) is 20.4. The van der Waals surface area contributed by atoms with Crippen LogP contribution in [-0.4, -0.2) is 51.3 Å². The van der Waals surface area contributed by atoms with Gasteiger partial charge in [0.05, 0.1) is 5.69 Å². The predicted molar refractivity (Wildman–Crippen MR) is 85.7 cm³/mol. The minimum atomic E-state index is -4.95. The molecular weight excluding hydrogens is 375 g/mol. The first kappa shape index (κ1) is 18.2. The number of H-pyrrole nitrogens is 1. The lowest BCUT2D eigenvalue weighted by Crippen LogP contribution is -2.47. The van der Waals surface area contributed by atoms with Gasteiger partial charge in [-0.05, 0) is 24.6 Å². The predicted octanol–water partition coefficient (Wildman–Crippen LogP) is 3.21. The fourth-order valence-corrected chi connectivity index (χ4v) is 3.01. The molecule has 6 nitrogen and oxygen atoms in total. The molecule has 2 heterocycles. The smallest absolute Gasteiger partial charge is 0.406 e. The molecule has 26 heavy (non-hydrogen) atoms. The average molecular weight is 388 g/mol. The summed E-state index contributed by atoms with van der Waals surface area (Å²) in [5.41, 5.74) is -1.87. The lowest BCUT2D eigenvalue weighted by atomic mass is 9.86. The first-order chi connectivity index (χ1) is 12.1. The van der Waals surface area contributed by atoms with Crippen molar-refractivity contribution in [3.05, 3.63) is 41.0 Å². The number of likely N-dealkylation sites (tertiary alicyclic amines) is 1. The Hall–Kier alpha value is -2.55. The molecule has 1 aliphatic rings. The number of carboxylic acids is 1. The Morgan fingerprint density at radius 1 is 1.27 bits per heavy atom. The zero-order valence-corrected chi connectivity index (χ0v) is 13.9. The molecule has 2 N–H and O–H groups in total. The van der Waals surface area contributed by atoms with Crippen LogP contribution in [0.4, 0.5) is 13.2 Å². The Kier molecular flexibility index (Phi) is 4.43. The number of halogens is 4. The van der Waals surface area contributed by atoms with Gasteiger partial charge in [-0.1, -0.05) is 23.7 Å². The van der Waals surface area contributed by atoms with Crippen molar-refractivity contribution in [3.63, 3.8) is 0 Å². The Labute approximate surface area is 150 Å². The summed E-state index contributed by atoms with van der Waals surface area (Å²) in [5.74, 6) is -2.71. The van der Waals surface area contributed by atoms with E-state index in [9.17, 15) is 22.8 Å². The molecule has 0 radical (unpaired) electrons. The van der Waals surface area contributed by atoms with Gasteiger partial charge in [-0.15, -0.1) is 0 Å². The van der Waals surface area contributed by atoms with E-state index in [4.69, 9.17) is 16.7 Å². The van der Waals surface area contributed by atoms with Gasteiger partial charge in [0.15, 0.2) is 5.41 Å². The fraction of sp³-hybridized carbons (Fsp3) is 0.312. The summed E-state index contributed by atoms with van der Waals surface area (Å²) in [5, 5.41) is 16.0. The molecule has 1 aliphatic heterocycles. The highest BCUT2D eigenvalue weighted by Gasteiger charge is 2.64. The van der Waals surface area contributed by atoms with E-state index >= 15 is 0 Å². The van der Waals surface area contributed by atoms with E-state index in [0.717, 1.165) is 4.90 Å². The van der Waals surface area contributed by atoms with Crippen molar-refractivity contribution in [2.75, 3.05) is 13.1 Å². The van der Waals surface area contributed by atoms with Crippen LogP contribution < -0.4 is 0 Å². The third kappa shape index (κ3) is 3.03. The molecule has 2 aromatic rings. The van der Waals surface area contributed by atoms with Gasteiger partial charge in [-0.2, -0.15) is 18.3 Å². The molecule has 1 unspecified atom stereocenters.